The molecule has 3 aromatic carbocycles. The van der Waals surface area contributed by atoms with Gasteiger partial charge >= 0.3 is 12.2 Å². The lowest BCUT2D eigenvalue weighted by atomic mass is 10.2. The van der Waals surface area contributed by atoms with Gasteiger partial charge in [-0.1, -0.05) is 6.07 Å². The first kappa shape index (κ1) is 23.4. The highest BCUT2D eigenvalue weighted by Crippen LogP contribution is 2.31. The van der Waals surface area contributed by atoms with Crippen LogP contribution in [0.2, 0.25) is 0 Å². The van der Waals surface area contributed by atoms with Crippen molar-refractivity contribution in [3.8, 4) is 28.8 Å². The lowest BCUT2D eigenvalue weighted by Gasteiger charge is -2.12. The first-order valence-corrected chi connectivity index (χ1v) is 10.1. The van der Waals surface area contributed by atoms with Gasteiger partial charge in [-0.15, -0.1) is 0 Å². The topological polar surface area (TPSA) is 122 Å². The zero-order valence-electron chi connectivity index (χ0n) is 17.9. The van der Waals surface area contributed by atoms with Gasteiger partial charge in [-0.25, -0.2) is 9.78 Å². The molecule has 35 heavy (non-hydrogen) atoms. The van der Waals surface area contributed by atoms with E-state index in [0.29, 0.717) is 22.8 Å². The van der Waals surface area contributed by atoms with Crippen LogP contribution in [-0.4, -0.2) is 21.1 Å². The van der Waals surface area contributed by atoms with Crippen molar-refractivity contribution in [1.29, 1.82) is 0 Å². The molecule has 0 radical (unpaired) electrons. The summed E-state index contributed by atoms with van der Waals surface area (Å²) in [7, 11) is 0. The van der Waals surface area contributed by atoms with Gasteiger partial charge in [-0.05, 0) is 66.7 Å². The Labute approximate surface area is 197 Å². The lowest BCUT2D eigenvalue weighted by molar-refractivity contribution is -0.137. The van der Waals surface area contributed by atoms with Gasteiger partial charge in [-0.2, -0.15) is 18.2 Å². The fourth-order valence-corrected chi connectivity index (χ4v) is 2.99. The Hall–Kier alpha value is -4.80. The third kappa shape index (κ3) is 5.96. The molecule has 0 aliphatic heterocycles. The Bertz CT molecular complexity index is 1340. The van der Waals surface area contributed by atoms with E-state index in [1.807, 2.05) is 0 Å². The number of urea groups is 1. The van der Waals surface area contributed by atoms with Gasteiger partial charge in [0.1, 0.15) is 17.2 Å². The van der Waals surface area contributed by atoms with Crippen molar-refractivity contribution in [2.45, 2.75) is 6.18 Å². The molecule has 1 aromatic heterocycles. The van der Waals surface area contributed by atoms with E-state index in [1.165, 1.54) is 30.5 Å². The minimum absolute atomic E-state index is 0.000878. The van der Waals surface area contributed by atoms with E-state index >= 15 is 0 Å². The van der Waals surface area contributed by atoms with Crippen LogP contribution in [0.5, 0.6) is 17.4 Å². The SMILES string of the molecule is Nc1cnc(-c2ccc(O)cc2)nc1Oc1ccc(NC(=O)Nc2cccc(C(F)(F)F)c2)cc1. The maximum absolute atomic E-state index is 12.8. The first-order chi connectivity index (χ1) is 16.7. The van der Waals surface area contributed by atoms with Crippen LogP contribution in [0.3, 0.4) is 0 Å². The van der Waals surface area contributed by atoms with Crippen LogP contribution in [-0.2, 0) is 6.18 Å². The molecule has 0 aliphatic carbocycles. The molecule has 4 aromatic rings. The average molecular weight is 481 g/mol. The molecule has 0 saturated heterocycles. The fourth-order valence-electron chi connectivity index (χ4n) is 2.99. The summed E-state index contributed by atoms with van der Waals surface area (Å²) in [6.45, 7) is 0. The quantitative estimate of drug-likeness (QED) is 0.282. The van der Waals surface area contributed by atoms with E-state index in [4.69, 9.17) is 10.5 Å². The molecule has 4 rings (SSSR count). The van der Waals surface area contributed by atoms with Crippen molar-refractivity contribution in [3.05, 3.63) is 84.6 Å². The lowest BCUT2D eigenvalue weighted by Crippen LogP contribution is -2.19. The Morgan fingerprint density at radius 2 is 1.63 bits per heavy atom. The summed E-state index contributed by atoms with van der Waals surface area (Å²) >= 11 is 0. The highest BCUT2D eigenvalue weighted by molar-refractivity contribution is 5.99. The molecule has 0 spiro atoms. The predicted molar refractivity (Wildman–Crippen MR) is 124 cm³/mol. The molecule has 1 heterocycles. The summed E-state index contributed by atoms with van der Waals surface area (Å²) in [5, 5.41) is 14.3. The number of phenols is 1. The number of amides is 2. The molecule has 5 N–H and O–H groups in total. The van der Waals surface area contributed by atoms with Gasteiger partial charge in [-0.3, -0.25) is 0 Å². The van der Waals surface area contributed by atoms with Crippen LogP contribution in [0.25, 0.3) is 11.4 Å². The summed E-state index contributed by atoms with van der Waals surface area (Å²) in [6.07, 6.45) is -3.11. The monoisotopic (exact) mass is 481 g/mol. The third-order valence-electron chi connectivity index (χ3n) is 4.68. The number of nitrogens with zero attached hydrogens (tertiary/aromatic N) is 2. The molecule has 11 heteroatoms. The van der Waals surface area contributed by atoms with Gasteiger partial charge in [0.2, 0.25) is 5.88 Å². The van der Waals surface area contributed by atoms with E-state index in [0.717, 1.165) is 12.1 Å². The number of aromatic hydroxyl groups is 1. The molecule has 2 amide bonds. The highest BCUT2D eigenvalue weighted by atomic mass is 19.4. The molecule has 0 fully saturated rings. The molecule has 0 atom stereocenters. The van der Waals surface area contributed by atoms with Gasteiger partial charge in [0.05, 0.1) is 11.8 Å². The van der Waals surface area contributed by atoms with Crippen molar-refractivity contribution in [2.24, 2.45) is 0 Å². The summed E-state index contributed by atoms with van der Waals surface area (Å²) in [6, 6.07) is 16.1. The summed E-state index contributed by atoms with van der Waals surface area (Å²) in [5.41, 5.74) is 6.29. The average Bonchev–Trinajstić information content (AvgIpc) is 2.82. The van der Waals surface area contributed by atoms with E-state index < -0.39 is 17.8 Å². The minimum Gasteiger partial charge on any atom is -0.508 e. The predicted octanol–water partition coefficient (Wildman–Crippen LogP) is 5.89. The van der Waals surface area contributed by atoms with Crippen molar-refractivity contribution in [3.63, 3.8) is 0 Å². The second-order valence-electron chi connectivity index (χ2n) is 7.29. The van der Waals surface area contributed by atoms with E-state index in [2.05, 4.69) is 20.6 Å². The Morgan fingerprint density at radius 1 is 0.943 bits per heavy atom. The van der Waals surface area contributed by atoms with Crippen molar-refractivity contribution in [1.82, 2.24) is 9.97 Å². The number of nitrogen functional groups attached to an aromatic ring is 1. The number of aromatic nitrogens is 2. The molecule has 0 saturated carbocycles. The number of rotatable bonds is 5. The normalized spacial score (nSPS) is 11.1. The maximum atomic E-state index is 12.8. The van der Waals surface area contributed by atoms with Crippen molar-refractivity contribution < 1.29 is 27.8 Å². The number of anilines is 3. The minimum atomic E-state index is -4.51. The second kappa shape index (κ2) is 9.59. The number of hydrogen-bond acceptors (Lipinski definition) is 6. The number of carbonyl (C=O) groups is 1. The van der Waals surface area contributed by atoms with Gasteiger partial charge in [0.15, 0.2) is 5.82 Å². The molecule has 0 aliphatic rings. The van der Waals surface area contributed by atoms with Crippen LogP contribution in [0.4, 0.5) is 35.0 Å². The zero-order chi connectivity index (χ0) is 25.0. The number of halogens is 3. The van der Waals surface area contributed by atoms with Gasteiger partial charge in [0, 0.05) is 16.9 Å². The van der Waals surface area contributed by atoms with Crippen LogP contribution < -0.4 is 21.1 Å². The summed E-state index contributed by atoms with van der Waals surface area (Å²) < 4.78 is 44.2. The van der Waals surface area contributed by atoms with Gasteiger partial charge < -0.3 is 26.2 Å². The fraction of sp³-hybridized carbons (Fsp3) is 0.0417. The summed E-state index contributed by atoms with van der Waals surface area (Å²) in [4.78, 5) is 20.6. The Morgan fingerprint density at radius 3 is 2.31 bits per heavy atom. The van der Waals surface area contributed by atoms with Crippen molar-refractivity contribution >= 4 is 23.1 Å². The first-order valence-electron chi connectivity index (χ1n) is 10.1. The van der Waals surface area contributed by atoms with Crippen LogP contribution in [0.1, 0.15) is 5.56 Å². The van der Waals surface area contributed by atoms with Crippen molar-refractivity contribution in [2.75, 3.05) is 16.4 Å². The Kier molecular flexibility index (Phi) is 6.40. The van der Waals surface area contributed by atoms with Crippen LogP contribution in [0, 0.1) is 0 Å². The molecular formula is C24H18F3N5O3. The number of nitrogens with one attached hydrogen (secondary N) is 2. The molecule has 178 valence electrons. The zero-order valence-corrected chi connectivity index (χ0v) is 17.9. The van der Waals surface area contributed by atoms with Gasteiger partial charge in [0.25, 0.3) is 0 Å². The number of phenolic OH excluding ortho intramolecular Hbond substituents is 1. The van der Waals surface area contributed by atoms with Crippen LogP contribution in [0.15, 0.2) is 79.0 Å². The maximum Gasteiger partial charge on any atom is 0.416 e. The standard InChI is InChI=1S/C24H18F3N5O3/c25-24(26,27)15-2-1-3-17(12-15)31-23(34)30-16-6-10-19(11-7-16)35-22-20(28)13-29-21(32-22)14-4-8-18(33)9-5-14/h1-13,33H,28H2,(H2,30,31,34). The number of hydrogen-bond donors (Lipinski definition) is 4. The third-order valence-corrected chi connectivity index (χ3v) is 4.68. The number of nitrogens with two attached hydrogens (primary N) is 1. The molecule has 0 unspecified atom stereocenters. The largest absolute Gasteiger partial charge is 0.508 e. The van der Waals surface area contributed by atoms with E-state index in [1.54, 1.807) is 36.4 Å². The number of benzene rings is 3. The van der Waals surface area contributed by atoms with E-state index in [-0.39, 0.29) is 23.0 Å². The summed E-state index contributed by atoms with van der Waals surface area (Å²) in [5.74, 6) is 0.943. The Balaban J connectivity index is 1.41. The molecular weight excluding hydrogens is 463 g/mol. The van der Waals surface area contributed by atoms with E-state index in [9.17, 15) is 23.1 Å². The second-order valence-corrected chi connectivity index (χ2v) is 7.29. The number of ether oxygens (including phenoxy) is 1. The number of carbonyl (C=O) groups excluding carboxylic acids is 1. The number of alkyl halides is 3. The highest BCUT2D eigenvalue weighted by Gasteiger charge is 2.30. The molecule has 0 bridgehead atoms. The van der Waals surface area contributed by atoms with Crippen LogP contribution >= 0.6 is 0 Å². The molecule has 8 nitrogen and oxygen atoms in total. The smallest absolute Gasteiger partial charge is 0.416 e.